The second kappa shape index (κ2) is 15.7. The van der Waals surface area contributed by atoms with Gasteiger partial charge >= 0.3 is 6.03 Å². The van der Waals surface area contributed by atoms with Gasteiger partial charge in [0, 0.05) is 13.1 Å². The molecule has 0 unspecified atom stereocenters. The van der Waals surface area contributed by atoms with Crippen molar-refractivity contribution in [1.29, 1.82) is 0 Å². The minimum atomic E-state index is -3.95. The number of Topliss-reactive ketones (excluding diaryl/α,β-unsaturated/α-hetero) is 1. The third-order valence-electron chi connectivity index (χ3n) is 11.1. The lowest BCUT2D eigenvalue weighted by atomic mass is 9.83. The summed E-state index contributed by atoms with van der Waals surface area (Å²) >= 11 is 0. The molecule has 1 saturated heterocycles. The molecule has 0 radical (unpaired) electrons. The van der Waals surface area contributed by atoms with Crippen LogP contribution in [-0.2, 0) is 29.0 Å². The zero-order chi connectivity index (χ0) is 37.9. The van der Waals surface area contributed by atoms with Gasteiger partial charge in [-0.05, 0) is 55.8 Å². The van der Waals surface area contributed by atoms with Gasteiger partial charge < -0.3 is 26.2 Å². The second-order valence-electron chi connectivity index (χ2n) is 16.8. The first-order chi connectivity index (χ1) is 23.1. The van der Waals surface area contributed by atoms with Gasteiger partial charge in [0.15, 0.2) is 9.84 Å². The molecule has 5 atom stereocenters. The summed E-state index contributed by atoms with van der Waals surface area (Å²) in [5, 5.41) is 11.0. The number of rotatable bonds is 16. The van der Waals surface area contributed by atoms with Crippen LogP contribution in [0.5, 0.6) is 0 Å². The Bertz CT molecular complexity index is 1420. The monoisotopic (exact) mass is 725 g/mol. The highest BCUT2D eigenvalue weighted by molar-refractivity contribution is 7.92. The van der Waals surface area contributed by atoms with Gasteiger partial charge in [0.2, 0.25) is 17.6 Å². The molecule has 50 heavy (non-hydrogen) atoms. The number of urea groups is 1. The van der Waals surface area contributed by atoms with Crippen LogP contribution in [0.15, 0.2) is 12.7 Å². The number of hydrogen-bond donors (Lipinski definition) is 4. The topological polar surface area (TPSA) is 171 Å². The molecule has 4 N–H and O–H groups in total. The van der Waals surface area contributed by atoms with Crippen LogP contribution in [0.4, 0.5) is 9.18 Å². The van der Waals surface area contributed by atoms with Crippen LogP contribution in [0, 0.1) is 22.7 Å². The largest absolute Gasteiger partial charge is 0.346 e. The third-order valence-corrected chi connectivity index (χ3v) is 13.8. The van der Waals surface area contributed by atoms with Gasteiger partial charge in [-0.2, -0.15) is 0 Å². The molecule has 1 aliphatic heterocycles. The number of piperidine rings is 1. The maximum atomic E-state index is 14.4. The van der Waals surface area contributed by atoms with Crippen LogP contribution < -0.4 is 21.3 Å². The summed E-state index contributed by atoms with van der Waals surface area (Å²) in [4.78, 5) is 69.3. The van der Waals surface area contributed by atoms with E-state index in [4.69, 9.17) is 0 Å². The summed E-state index contributed by atoms with van der Waals surface area (Å²) in [7, 11) is -3.95. The zero-order valence-corrected chi connectivity index (χ0v) is 32.1. The van der Waals surface area contributed by atoms with Crippen molar-refractivity contribution in [2.75, 3.05) is 25.5 Å². The predicted octanol–water partition coefficient (Wildman–Crippen LogP) is 3.60. The van der Waals surface area contributed by atoms with E-state index in [-0.39, 0.29) is 36.8 Å². The smallest absolute Gasteiger partial charge is 0.315 e. The Labute approximate surface area is 297 Å². The quantitative estimate of drug-likeness (QED) is 0.139. The van der Waals surface area contributed by atoms with Crippen molar-refractivity contribution in [3.05, 3.63) is 12.7 Å². The molecule has 2 aliphatic carbocycles. The summed E-state index contributed by atoms with van der Waals surface area (Å²) in [6.07, 6.45) is 6.08. The van der Waals surface area contributed by atoms with Gasteiger partial charge in [-0.25, -0.2) is 17.6 Å². The fourth-order valence-corrected chi connectivity index (χ4v) is 9.20. The molecule has 0 spiro atoms. The minimum absolute atomic E-state index is 0.0203. The summed E-state index contributed by atoms with van der Waals surface area (Å²) in [5.41, 5.74) is -2.18. The molecule has 12 nitrogen and oxygen atoms in total. The van der Waals surface area contributed by atoms with Crippen LogP contribution in [0.25, 0.3) is 0 Å². The molecule has 3 aliphatic rings. The Morgan fingerprint density at radius 3 is 2.18 bits per heavy atom. The Morgan fingerprint density at radius 1 is 1.02 bits per heavy atom. The number of hydrogen-bond acceptors (Lipinski definition) is 7. The van der Waals surface area contributed by atoms with Crippen molar-refractivity contribution in [2.24, 2.45) is 22.7 Å². The summed E-state index contributed by atoms with van der Waals surface area (Å²) < 4.78 is 38.7. The van der Waals surface area contributed by atoms with Crippen LogP contribution in [-0.4, -0.2) is 96.8 Å². The molecule has 5 amide bonds. The van der Waals surface area contributed by atoms with E-state index in [0.29, 0.717) is 32.1 Å². The van der Waals surface area contributed by atoms with Gasteiger partial charge in [0.1, 0.15) is 18.8 Å². The number of ketones is 1. The highest BCUT2D eigenvalue weighted by Gasteiger charge is 2.70. The molecule has 0 aromatic carbocycles. The lowest BCUT2D eigenvalue weighted by Crippen LogP contribution is -2.64. The number of likely N-dealkylation sites (tertiary alicyclic amines) is 1. The molecular weight excluding hydrogens is 665 g/mol. The summed E-state index contributed by atoms with van der Waals surface area (Å²) in [6.45, 7) is 16.9. The van der Waals surface area contributed by atoms with Gasteiger partial charge in [0.25, 0.3) is 5.91 Å². The van der Waals surface area contributed by atoms with Crippen molar-refractivity contribution in [3.8, 4) is 0 Å². The highest BCUT2D eigenvalue weighted by Crippen LogP contribution is 2.65. The molecule has 0 aromatic rings. The summed E-state index contributed by atoms with van der Waals surface area (Å²) in [5.74, 6) is -3.18. The van der Waals surface area contributed by atoms with E-state index in [2.05, 4.69) is 27.8 Å². The Balaban J connectivity index is 1.87. The number of carbonyl (C=O) groups excluding carboxylic acids is 5. The first kappa shape index (κ1) is 41.4. The van der Waals surface area contributed by atoms with Crippen molar-refractivity contribution in [2.45, 2.75) is 135 Å². The van der Waals surface area contributed by atoms with E-state index in [1.807, 2.05) is 20.8 Å². The number of alkyl halides is 1. The number of unbranched alkanes of at least 4 members (excludes halogenated alkanes) is 1. The van der Waals surface area contributed by atoms with E-state index < -0.39 is 85.6 Å². The van der Waals surface area contributed by atoms with Gasteiger partial charge in [-0.3, -0.25) is 19.2 Å². The molecule has 0 bridgehead atoms. The van der Waals surface area contributed by atoms with Crippen molar-refractivity contribution >= 4 is 39.4 Å². The fraction of sp³-hybridized carbons (Fsp3) is 0.806. The van der Waals surface area contributed by atoms with E-state index in [9.17, 15) is 36.8 Å². The molecule has 3 rings (SSSR count). The van der Waals surface area contributed by atoms with E-state index in [1.165, 1.54) is 24.8 Å². The maximum Gasteiger partial charge on any atom is 0.315 e. The number of sulfone groups is 1. The Morgan fingerprint density at radius 2 is 1.64 bits per heavy atom. The molecule has 1 heterocycles. The molecule has 0 aromatic heterocycles. The van der Waals surface area contributed by atoms with Crippen LogP contribution in [0.3, 0.4) is 0 Å². The van der Waals surface area contributed by atoms with Gasteiger partial charge in [-0.15, -0.1) is 6.58 Å². The lowest BCUT2D eigenvalue weighted by Gasteiger charge is -2.41. The number of halogens is 1. The predicted molar refractivity (Wildman–Crippen MR) is 190 cm³/mol. The Hall–Kier alpha value is -3.03. The van der Waals surface area contributed by atoms with Crippen LogP contribution >= 0.6 is 0 Å². The van der Waals surface area contributed by atoms with Crippen LogP contribution in [0.1, 0.15) is 107 Å². The van der Waals surface area contributed by atoms with E-state index >= 15 is 0 Å². The van der Waals surface area contributed by atoms with Crippen molar-refractivity contribution < 1.29 is 36.8 Å². The van der Waals surface area contributed by atoms with Gasteiger partial charge in [-0.1, -0.05) is 79.7 Å². The molecular formula is C36H60FN5O7S. The normalized spacial score (nSPS) is 23.9. The SMILES string of the molecule is C=CCNC(=O)C(=O)[C@H](CCCC)NC(=O)[C@@H]1[C@@H]2[C@H](CN1C(=O)[C@@H](NC(=O)NC1(CS(=O)(=O)C(C)(C)CF)CCCCC1)C(C)(C)C)C2(C)C. The van der Waals surface area contributed by atoms with Crippen molar-refractivity contribution in [3.63, 3.8) is 0 Å². The van der Waals surface area contributed by atoms with E-state index in [0.717, 1.165) is 12.8 Å². The van der Waals surface area contributed by atoms with Crippen LogP contribution in [0.2, 0.25) is 0 Å². The molecule has 2 saturated carbocycles. The lowest BCUT2D eigenvalue weighted by molar-refractivity contribution is -0.145. The first-order valence-corrected chi connectivity index (χ1v) is 19.6. The number of nitrogens with zero attached hydrogens (tertiary/aromatic N) is 1. The fourth-order valence-electron chi connectivity index (χ4n) is 7.56. The number of nitrogens with one attached hydrogen (secondary N) is 4. The number of carbonyl (C=O) groups is 5. The second-order valence-corrected chi connectivity index (χ2v) is 19.5. The van der Waals surface area contributed by atoms with Crippen molar-refractivity contribution in [1.82, 2.24) is 26.2 Å². The standard InChI is InChI=1S/C36H60FN5O7S/c1-10-12-16-24(27(43)30(45)38-19-11-2)39-29(44)26-25-23(35(25,8)9)20-42(26)31(46)28(33(3,4)5)40-32(47)41-36(17-14-13-15-18-36)22-50(48,49)34(6,7)21-37/h11,23-26,28H,2,10,12-22H2,1,3-9H3,(H,38,45)(H,39,44)(H2,40,41,47)/t23-,24-,25-,26-,28+/m0/s1. The van der Waals surface area contributed by atoms with Gasteiger partial charge in [0.05, 0.1) is 22.1 Å². The molecule has 284 valence electrons. The summed E-state index contributed by atoms with van der Waals surface area (Å²) in [6, 6.07) is -3.81. The average molecular weight is 726 g/mol. The molecule has 14 heteroatoms. The number of fused-ring (bicyclic) bond motifs is 1. The zero-order valence-electron chi connectivity index (χ0n) is 31.2. The number of amides is 5. The average Bonchev–Trinajstić information content (AvgIpc) is 3.33. The Kier molecular flexibility index (Phi) is 13.0. The third kappa shape index (κ3) is 9.06. The minimum Gasteiger partial charge on any atom is -0.346 e. The highest BCUT2D eigenvalue weighted by atomic mass is 32.2. The first-order valence-electron chi connectivity index (χ1n) is 18.0. The molecule has 3 fully saturated rings. The maximum absolute atomic E-state index is 14.4. The van der Waals surface area contributed by atoms with E-state index in [1.54, 1.807) is 20.8 Å².